The number of hydrogen-bond acceptors (Lipinski definition) is 6. The first-order valence-electron chi connectivity index (χ1n) is 7.40. The zero-order valence-corrected chi connectivity index (χ0v) is 13.5. The van der Waals surface area contributed by atoms with Gasteiger partial charge in [0.15, 0.2) is 5.13 Å². The molecule has 7 nitrogen and oxygen atoms in total. The van der Waals surface area contributed by atoms with E-state index in [0.29, 0.717) is 31.7 Å². The summed E-state index contributed by atoms with van der Waals surface area (Å²) < 4.78 is 5.95. The molecule has 2 aromatic heterocycles. The maximum absolute atomic E-state index is 10.9. The Labute approximate surface area is 137 Å². The Morgan fingerprint density at radius 1 is 1.48 bits per heavy atom. The Hall–Kier alpha value is -2.35. The van der Waals surface area contributed by atoms with Crippen LogP contribution in [0.25, 0.3) is 0 Å². The lowest BCUT2D eigenvalue weighted by Crippen LogP contribution is -2.41. The number of amides is 1. The van der Waals surface area contributed by atoms with Crippen LogP contribution < -0.4 is 10.1 Å². The molecular formula is C15H18N4O3S. The van der Waals surface area contributed by atoms with Gasteiger partial charge in [0.25, 0.3) is 0 Å². The summed E-state index contributed by atoms with van der Waals surface area (Å²) in [6.07, 6.45) is 2.25. The van der Waals surface area contributed by atoms with Crippen LogP contribution in [0.4, 0.5) is 15.7 Å². The van der Waals surface area contributed by atoms with Gasteiger partial charge in [-0.3, -0.25) is 0 Å². The Morgan fingerprint density at radius 2 is 2.26 bits per heavy atom. The highest BCUT2D eigenvalue weighted by Crippen LogP contribution is 2.24. The van der Waals surface area contributed by atoms with Crippen molar-refractivity contribution in [3.05, 3.63) is 29.4 Å². The molecule has 0 bridgehead atoms. The van der Waals surface area contributed by atoms with Crippen LogP contribution in [0.1, 0.15) is 18.5 Å². The first-order valence-corrected chi connectivity index (χ1v) is 8.28. The van der Waals surface area contributed by atoms with Crippen molar-refractivity contribution in [2.45, 2.75) is 25.9 Å². The van der Waals surface area contributed by atoms with E-state index in [0.717, 1.165) is 16.6 Å². The molecule has 2 N–H and O–H groups in total. The molecule has 0 unspecified atom stereocenters. The van der Waals surface area contributed by atoms with Crippen LogP contribution in [0.2, 0.25) is 0 Å². The molecule has 2 aromatic rings. The Bertz CT molecular complexity index is 683. The third-order valence-corrected chi connectivity index (χ3v) is 4.48. The molecule has 1 saturated heterocycles. The largest absolute Gasteiger partial charge is 0.490 e. The maximum atomic E-state index is 10.9. The number of pyridine rings is 1. The van der Waals surface area contributed by atoms with Crippen LogP contribution in [0.5, 0.6) is 5.75 Å². The number of nitrogens with zero attached hydrogens (tertiary/aromatic N) is 3. The molecule has 0 radical (unpaired) electrons. The number of aryl methyl sites for hydroxylation is 1. The summed E-state index contributed by atoms with van der Waals surface area (Å²) in [5.74, 6) is 1.41. The Balaban J connectivity index is 1.59. The van der Waals surface area contributed by atoms with Gasteiger partial charge in [-0.1, -0.05) is 0 Å². The molecule has 0 aromatic carbocycles. The van der Waals surface area contributed by atoms with Gasteiger partial charge in [0.1, 0.15) is 17.7 Å². The number of carbonyl (C=O) groups is 1. The fourth-order valence-electron chi connectivity index (χ4n) is 2.43. The number of aromatic nitrogens is 2. The second-order valence-electron chi connectivity index (χ2n) is 5.38. The van der Waals surface area contributed by atoms with Crippen molar-refractivity contribution in [3.8, 4) is 5.75 Å². The SMILES string of the molecule is Cc1csc(Nc2cc(OC3CCN(C(=O)O)CC3)ccn2)n1. The number of likely N-dealkylation sites (tertiary alicyclic amines) is 1. The molecule has 1 fully saturated rings. The van der Waals surface area contributed by atoms with Gasteiger partial charge in [0.2, 0.25) is 0 Å². The number of carboxylic acid groups (broad SMARTS) is 1. The monoisotopic (exact) mass is 334 g/mol. The fraction of sp³-hybridized carbons (Fsp3) is 0.400. The summed E-state index contributed by atoms with van der Waals surface area (Å²) >= 11 is 1.52. The van der Waals surface area contributed by atoms with E-state index >= 15 is 0 Å². The first-order chi connectivity index (χ1) is 11.1. The molecule has 0 saturated carbocycles. The molecule has 23 heavy (non-hydrogen) atoms. The molecule has 3 rings (SSSR count). The Kier molecular flexibility index (Phi) is 4.61. The summed E-state index contributed by atoms with van der Waals surface area (Å²) in [4.78, 5) is 20.9. The van der Waals surface area contributed by atoms with E-state index in [4.69, 9.17) is 9.84 Å². The van der Waals surface area contributed by atoms with Crippen molar-refractivity contribution in [2.75, 3.05) is 18.4 Å². The van der Waals surface area contributed by atoms with Gasteiger partial charge >= 0.3 is 6.09 Å². The van der Waals surface area contributed by atoms with E-state index in [1.165, 1.54) is 16.2 Å². The normalized spacial score (nSPS) is 15.4. The number of nitrogens with one attached hydrogen (secondary N) is 1. The van der Waals surface area contributed by atoms with E-state index in [9.17, 15) is 4.79 Å². The van der Waals surface area contributed by atoms with Gasteiger partial charge < -0.3 is 20.1 Å². The van der Waals surface area contributed by atoms with Crippen LogP contribution >= 0.6 is 11.3 Å². The van der Waals surface area contributed by atoms with Crippen molar-refractivity contribution in [3.63, 3.8) is 0 Å². The molecular weight excluding hydrogens is 316 g/mol. The van der Waals surface area contributed by atoms with Gasteiger partial charge in [0.05, 0.1) is 5.69 Å². The summed E-state index contributed by atoms with van der Waals surface area (Å²) in [5, 5.41) is 14.9. The van der Waals surface area contributed by atoms with E-state index in [1.807, 2.05) is 24.4 Å². The molecule has 0 spiro atoms. The molecule has 1 aliphatic heterocycles. The second-order valence-corrected chi connectivity index (χ2v) is 6.24. The molecule has 122 valence electrons. The van der Waals surface area contributed by atoms with Gasteiger partial charge in [-0.15, -0.1) is 11.3 Å². The zero-order chi connectivity index (χ0) is 16.2. The van der Waals surface area contributed by atoms with Crippen LogP contribution in [0.15, 0.2) is 23.7 Å². The molecule has 0 aliphatic carbocycles. The average Bonchev–Trinajstić information content (AvgIpc) is 2.93. The topological polar surface area (TPSA) is 87.6 Å². The molecule has 3 heterocycles. The van der Waals surface area contributed by atoms with Crippen molar-refractivity contribution in [2.24, 2.45) is 0 Å². The van der Waals surface area contributed by atoms with Gasteiger partial charge in [0, 0.05) is 43.6 Å². The highest BCUT2D eigenvalue weighted by atomic mass is 32.1. The zero-order valence-electron chi connectivity index (χ0n) is 12.7. The number of piperidine rings is 1. The Morgan fingerprint density at radius 3 is 2.91 bits per heavy atom. The number of hydrogen-bond donors (Lipinski definition) is 2. The first kappa shape index (κ1) is 15.5. The lowest BCUT2D eigenvalue weighted by Gasteiger charge is -2.30. The van der Waals surface area contributed by atoms with Crippen LogP contribution in [0.3, 0.4) is 0 Å². The molecule has 8 heteroatoms. The third kappa shape index (κ3) is 4.10. The molecule has 1 aliphatic rings. The third-order valence-electron chi connectivity index (χ3n) is 3.60. The van der Waals surface area contributed by atoms with Crippen LogP contribution in [0, 0.1) is 6.92 Å². The van der Waals surface area contributed by atoms with Gasteiger partial charge in [-0.2, -0.15) is 0 Å². The average molecular weight is 334 g/mol. The minimum Gasteiger partial charge on any atom is -0.490 e. The minimum absolute atomic E-state index is 0.0305. The van der Waals surface area contributed by atoms with Crippen molar-refractivity contribution < 1.29 is 14.6 Å². The van der Waals surface area contributed by atoms with Crippen LogP contribution in [-0.2, 0) is 0 Å². The number of ether oxygens (including phenoxy) is 1. The number of anilines is 2. The quantitative estimate of drug-likeness (QED) is 0.893. The summed E-state index contributed by atoms with van der Waals surface area (Å²) in [6.45, 7) is 2.96. The van der Waals surface area contributed by atoms with E-state index in [1.54, 1.807) is 6.20 Å². The van der Waals surface area contributed by atoms with Gasteiger partial charge in [-0.05, 0) is 13.0 Å². The number of rotatable bonds is 4. The predicted octanol–water partition coefficient (Wildman–Crippen LogP) is 3.11. The van der Waals surface area contributed by atoms with Crippen molar-refractivity contribution in [1.82, 2.24) is 14.9 Å². The standard InChI is InChI=1S/C15H18N4O3S/c1-10-9-23-14(17-10)18-13-8-12(2-5-16-13)22-11-3-6-19(7-4-11)15(20)21/h2,5,8-9,11H,3-4,6-7H2,1H3,(H,20,21)(H,16,17,18). The summed E-state index contributed by atoms with van der Waals surface area (Å²) in [7, 11) is 0. The highest BCUT2D eigenvalue weighted by molar-refractivity contribution is 7.13. The van der Waals surface area contributed by atoms with Crippen molar-refractivity contribution in [1.29, 1.82) is 0 Å². The van der Waals surface area contributed by atoms with Gasteiger partial charge in [-0.25, -0.2) is 14.8 Å². The second kappa shape index (κ2) is 6.82. The minimum atomic E-state index is -0.863. The van der Waals surface area contributed by atoms with E-state index in [-0.39, 0.29) is 6.10 Å². The molecule has 0 atom stereocenters. The lowest BCUT2D eigenvalue weighted by molar-refractivity contribution is 0.0895. The highest BCUT2D eigenvalue weighted by Gasteiger charge is 2.23. The van der Waals surface area contributed by atoms with E-state index < -0.39 is 6.09 Å². The predicted molar refractivity (Wildman–Crippen MR) is 87.6 cm³/mol. The smallest absolute Gasteiger partial charge is 0.407 e. The van der Waals surface area contributed by atoms with Crippen LogP contribution in [-0.4, -0.2) is 45.3 Å². The summed E-state index contributed by atoms with van der Waals surface area (Å²) in [5.41, 5.74) is 0.968. The van der Waals surface area contributed by atoms with E-state index in [2.05, 4.69) is 15.3 Å². The molecule has 1 amide bonds. The fourth-order valence-corrected chi connectivity index (χ4v) is 3.13. The maximum Gasteiger partial charge on any atom is 0.407 e. The number of thiazole rings is 1. The summed E-state index contributed by atoms with van der Waals surface area (Å²) in [6, 6.07) is 3.64. The lowest BCUT2D eigenvalue weighted by atomic mass is 10.1. The van der Waals surface area contributed by atoms with Crippen molar-refractivity contribution >= 4 is 28.4 Å².